The molecule has 0 aliphatic rings. The van der Waals surface area contributed by atoms with Crippen LogP contribution in [0.3, 0.4) is 0 Å². The van der Waals surface area contributed by atoms with Gasteiger partial charge in [0.25, 0.3) is 0 Å². The lowest BCUT2D eigenvalue weighted by atomic mass is 10.2. The number of carbonyl (C=O) groups is 1. The third-order valence-corrected chi connectivity index (χ3v) is 3.26. The number of amides is 1. The average Bonchev–Trinajstić information content (AvgIpc) is 2.36. The lowest BCUT2D eigenvalue weighted by Crippen LogP contribution is -2.37. The molecule has 0 heterocycles. The summed E-state index contributed by atoms with van der Waals surface area (Å²) in [5.74, 6) is 0.103. The molecule has 3 nitrogen and oxygen atoms in total. The zero-order valence-corrected chi connectivity index (χ0v) is 11.9. The first-order chi connectivity index (χ1) is 8.58. The van der Waals surface area contributed by atoms with Crippen molar-refractivity contribution >= 4 is 11.6 Å². The molecule has 0 bridgehead atoms. The first kappa shape index (κ1) is 14.7. The molecule has 0 unspecified atom stereocenters. The Balaban J connectivity index is 2.71. The van der Waals surface area contributed by atoms with E-state index < -0.39 is 0 Å². The highest BCUT2D eigenvalue weighted by molar-refractivity contribution is 5.91. The SMILES string of the molecule is CCN(CC)CCN(C(C)=O)c1ccc(C)cc1. The molecule has 0 saturated carbocycles. The summed E-state index contributed by atoms with van der Waals surface area (Å²) in [6.07, 6.45) is 0. The Bertz CT molecular complexity index is 369. The van der Waals surface area contributed by atoms with Crippen molar-refractivity contribution < 1.29 is 4.79 Å². The minimum atomic E-state index is 0.103. The zero-order valence-electron chi connectivity index (χ0n) is 11.9. The first-order valence-electron chi connectivity index (χ1n) is 6.65. The maximum absolute atomic E-state index is 11.7. The number of aryl methyl sites for hydroxylation is 1. The van der Waals surface area contributed by atoms with Crippen LogP contribution < -0.4 is 4.90 Å². The predicted octanol–water partition coefficient (Wildman–Crippen LogP) is 2.69. The molecule has 3 heteroatoms. The molecule has 1 rings (SSSR count). The Morgan fingerprint density at radius 1 is 1.06 bits per heavy atom. The minimum absolute atomic E-state index is 0.103. The second-order valence-electron chi connectivity index (χ2n) is 4.53. The Morgan fingerprint density at radius 3 is 2.06 bits per heavy atom. The van der Waals surface area contributed by atoms with Crippen LogP contribution >= 0.6 is 0 Å². The zero-order chi connectivity index (χ0) is 13.5. The van der Waals surface area contributed by atoms with Crippen molar-refractivity contribution in [3.63, 3.8) is 0 Å². The van der Waals surface area contributed by atoms with Gasteiger partial charge in [0.2, 0.25) is 5.91 Å². The van der Waals surface area contributed by atoms with E-state index in [0.717, 1.165) is 31.9 Å². The van der Waals surface area contributed by atoms with Gasteiger partial charge in [-0.1, -0.05) is 31.5 Å². The maximum Gasteiger partial charge on any atom is 0.223 e. The number of carbonyl (C=O) groups excluding carboxylic acids is 1. The normalized spacial score (nSPS) is 10.7. The lowest BCUT2D eigenvalue weighted by molar-refractivity contribution is -0.116. The Labute approximate surface area is 110 Å². The molecule has 1 aromatic carbocycles. The molecule has 1 aromatic rings. The molecular weight excluding hydrogens is 224 g/mol. The number of hydrogen-bond acceptors (Lipinski definition) is 2. The van der Waals surface area contributed by atoms with Gasteiger partial charge in [-0.2, -0.15) is 0 Å². The van der Waals surface area contributed by atoms with Crippen molar-refractivity contribution in [1.82, 2.24) is 4.90 Å². The second-order valence-corrected chi connectivity index (χ2v) is 4.53. The third-order valence-electron chi connectivity index (χ3n) is 3.26. The highest BCUT2D eigenvalue weighted by Gasteiger charge is 2.12. The molecular formula is C15H24N2O. The largest absolute Gasteiger partial charge is 0.311 e. The van der Waals surface area contributed by atoms with Crippen molar-refractivity contribution in [2.75, 3.05) is 31.1 Å². The fourth-order valence-corrected chi connectivity index (χ4v) is 1.97. The van der Waals surface area contributed by atoms with Crippen molar-refractivity contribution in [2.24, 2.45) is 0 Å². The van der Waals surface area contributed by atoms with Gasteiger partial charge in [-0.3, -0.25) is 4.79 Å². The van der Waals surface area contributed by atoms with E-state index in [1.807, 2.05) is 29.2 Å². The van der Waals surface area contributed by atoms with E-state index in [1.165, 1.54) is 5.56 Å². The molecule has 0 radical (unpaired) electrons. The van der Waals surface area contributed by atoms with E-state index in [4.69, 9.17) is 0 Å². The Morgan fingerprint density at radius 2 is 1.61 bits per heavy atom. The average molecular weight is 248 g/mol. The summed E-state index contributed by atoms with van der Waals surface area (Å²) in [5, 5.41) is 0. The van der Waals surface area contributed by atoms with E-state index in [-0.39, 0.29) is 5.91 Å². The van der Waals surface area contributed by atoms with E-state index in [0.29, 0.717) is 0 Å². The highest BCUT2D eigenvalue weighted by atomic mass is 16.2. The summed E-state index contributed by atoms with van der Waals surface area (Å²) in [7, 11) is 0. The molecule has 18 heavy (non-hydrogen) atoms. The van der Waals surface area contributed by atoms with Crippen LogP contribution in [-0.4, -0.2) is 37.0 Å². The van der Waals surface area contributed by atoms with Crippen LogP contribution in [0.1, 0.15) is 26.3 Å². The van der Waals surface area contributed by atoms with Crippen LogP contribution in [0.2, 0.25) is 0 Å². The van der Waals surface area contributed by atoms with Gasteiger partial charge < -0.3 is 9.80 Å². The third kappa shape index (κ3) is 4.15. The molecule has 100 valence electrons. The first-order valence-corrected chi connectivity index (χ1v) is 6.65. The van der Waals surface area contributed by atoms with E-state index in [9.17, 15) is 4.79 Å². The van der Waals surface area contributed by atoms with Gasteiger partial charge in [0.15, 0.2) is 0 Å². The van der Waals surface area contributed by atoms with Gasteiger partial charge in [-0.05, 0) is 32.1 Å². The van der Waals surface area contributed by atoms with E-state index in [1.54, 1.807) is 6.92 Å². The number of benzene rings is 1. The number of rotatable bonds is 6. The van der Waals surface area contributed by atoms with Crippen LogP contribution in [-0.2, 0) is 4.79 Å². The summed E-state index contributed by atoms with van der Waals surface area (Å²) in [4.78, 5) is 15.9. The van der Waals surface area contributed by atoms with Crippen LogP contribution in [0.15, 0.2) is 24.3 Å². The molecule has 0 atom stereocenters. The number of nitrogens with zero attached hydrogens (tertiary/aromatic N) is 2. The number of likely N-dealkylation sites (N-methyl/N-ethyl adjacent to an activating group) is 1. The number of hydrogen-bond donors (Lipinski definition) is 0. The van der Waals surface area contributed by atoms with Gasteiger partial charge in [-0.15, -0.1) is 0 Å². The predicted molar refractivity (Wildman–Crippen MR) is 77.0 cm³/mol. The molecule has 0 saturated heterocycles. The van der Waals surface area contributed by atoms with Gasteiger partial charge >= 0.3 is 0 Å². The van der Waals surface area contributed by atoms with Crippen LogP contribution in [0.4, 0.5) is 5.69 Å². The molecule has 0 aromatic heterocycles. The fraction of sp³-hybridized carbons (Fsp3) is 0.533. The molecule has 0 aliphatic carbocycles. The van der Waals surface area contributed by atoms with Gasteiger partial charge in [0.1, 0.15) is 0 Å². The molecule has 0 fully saturated rings. The molecule has 0 N–H and O–H groups in total. The van der Waals surface area contributed by atoms with E-state index >= 15 is 0 Å². The molecule has 1 amide bonds. The minimum Gasteiger partial charge on any atom is -0.311 e. The van der Waals surface area contributed by atoms with Crippen LogP contribution in [0.25, 0.3) is 0 Å². The fourth-order valence-electron chi connectivity index (χ4n) is 1.97. The van der Waals surface area contributed by atoms with Crippen molar-refractivity contribution in [1.29, 1.82) is 0 Å². The quantitative estimate of drug-likeness (QED) is 0.773. The maximum atomic E-state index is 11.7. The standard InChI is InChI=1S/C15H24N2O/c1-5-16(6-2)11-12-17(14(4)18)15-9-7-13(3)8-10-15/h7-10H,5-6,11-12H2,1-4H3. The van der Waals surface area contributed by atoms with Crippen LogP contribution in [0, 0.1) is 6.92 Å². The Hall–Kier alpha value is -1.35. The lowest BCUT2D eigenvalue weighted by Gasteiger charge is -2.25. The van der Waals surface area contributed by atoms with Crippen molar-refractivity contribution in [3.05, 3.63) is 29.8 Å². The summed E-state index contributed by atoms with van der Waals surface area (Å²) >= 11 is 0. The Kier molecular flexibility index (Phi) is 5.86. The van der Waals surface area contributed by atoms with Gasteiger partial charge in [0, 0.05) is 25.7 Å². The summed E-state index contributed by atoms with van der Waals surface area (Å²) < 4.78 is 0. The second kappa shape index (κ2) is 7.17. The van der Waals surface area contributed by atoms with E-state index in [2.05, 4.69) is 25.7 Å². The summed E-state index contributed by atoms with van der Waals surface area (Å²) in [6.45, 7) is 11.7. The number of anilines is 1. The van der Waals surface area contributed by atoms with Crippen molar-refractivity contribution in [3.8, 4) is 0 Å². The van der Waals surface area contributed by atoms with Gasteiger partial charge in [0.05, 0.1) is 0 Å². The van der Waals surface area contributed by atoms with Gasteiger partial charge in [-0.25, -0.2) is 0 Å². The highest BCUT2D eigenvalue weighted by Crippen LogP contribution is 2.15. The molecule has 0 spiro atoms. The van der Waals surface area contributed by atoms with Crippen LogP contribution in [0.5, 0.6) is 0 Å². The monoisotopic (exact) mass is 248 g/mol. The molecule has 0 aliphatic heterocycles. The summed E-state index contributed by atoms with van der Waals surface area (Å²) in [5.41, 5.74) is 2.20. The smallest absolute Gasteiger partial charge is 0.223 e. The van der Waals surface area contributed by atoms with Crippen molar-refractivity contribution in [2.45, 2.75) is 27.7 Å². The summed E-state index contributed by atoms with van der Waals surface area (Å²) in [6, 6.07) is 8.11. The topological polar surface area (TPSA) is 23.6 Å².